The van der Waals surface area contributed by atoms with Gasteiger partial charge in [0.2, 0.25) is 0 Å². The number of halogens is 1. The number of benzene rings is 2. The van der Waals surface area contributed by atoms with Crippen molar-refractivity contribution in [2.45, 2.75) is 26.2 Å². The second-order valence-corrected chi connectivity index (χ2v) is 5.71. The minimum absolute atomic E-state index is 0.0116. The van der Waals surface area contributed by atoms with Crippen molar-refractivity contribution in [1.82, 2.24) is 0 Å². The van der Waals surface area contributed by atoms with Crippen molar-refractivity contribution in [2.24, 2.45) is 0 Å². The fraction of sp³-hybridized carbons (Fsp3) is 0.316. The van der Waals surface area contributed by atoms with Crippen LogP contribution in [0.3, 0.4) is 0 Å². The van der Waals surface area contributed by atoms with Gasteiger partial charge in [0.25, 0.3) is 5.91 Å². The van der Waals surface area contributed by atoms with E-state index in [2.05, 4.69) is 6.92 Å². The van der Waals surface area contributed by atoms with Gasteiger partial charge in [-0.1, -0.05) is 19.1 Å². The largest absolute Gasteiger partial charge is 0.484 e. The van der Waals surface area contributed by atoms with E-state index in [1.807, 2.05) is 24.3 Å². The van der Waals surface area contributed by atoms with Gasteiger partial charge in [-0.15, -0.1) is 0 Å². The SMILES string of the molecule is CCc1ccc(OCC(=O)N2CCCc3cc(F)ccc32)cc1. The van der Waals surface area contributed by atoms with Crippen molar-refractivity contribution in [3.05, 3.63) is 59.4 Å². The molecular weight excluding hydrogens is 293 g/mol. The zero-order valence-electron chi connectivity index (χ0n) is 13.2. The highest BCUT2D eigenvalue weighted by atomic mass is 19.1. The number of aryl methyl sites for hydroxylation is 2. The molecule has 2 aromatic rings. The van der Waals surface area contributed by atoms with E-state index < -0.39 is 0 Å². The molecule has 0 aliphatic carbocycles. The molecule has 1 amide bonds. The molecule has 0 aromatic heterocycles. The normalized spacial score (nSPS) is 13.6. The van der Waals surface area contributed by atoms with Crippen molar-refractivity contribution < 1.29 is 13.9 Å². The lowest BCUT2D eigenvalue weighted by atomic mass is 10.0. The predicted octanol–water partition coefficient (Wildman–Crippen LogP) is 3.75. The molecule has 23 heavy (non-hydrogen) atoms. The van der Waals surface area contributed by atoms with Crippen molar-refractivity contribution >= 4 is 11.6 Å². The molecule has 0 atom stereocenters. The van der Waals surface area contributed by atoms with Crippen molar-refractivity contribution in [2.75, 3.05) is 18.1 Å². The van der Waals surface area contributed by atoms with Crippen LogP contribution in [0.25, 0.3) is 0 Å². The fourth-order valence-corrected chi connectivity index (χ4v) is 2.87. The Labute approximate surface area is 135 Å². The van der Waals surface area contributed by atoms with Gasteiger partial charge in [0, 0.05) is 12.2 Å². The van der Waals surface area contributed by atoms with Crippen molar-refractivity contribution in [3.8, 4) is 5.75 Å². The van der Waals surface area contributed by atoms with E-state index >= 15 is 0 Å². The lowest BCUT2D eigenvalue weighted by Crippen LogP contribution is -2.38. The maximum Gasteiger partial charge on any atom is 0.264 e. The van der Waals surface area contributed by atoms with Crippen LogP contribution in [0.5, 0.6) is 5.75 Å². The van der Waals surface area contributed by atoms with Crippen LogP contribution in [0.2, 0.25) is 0 Å². The van der Waals surface area contributed by atoms with Crippen LogP contribution in [0.15, 0.2) is 42.5 Å². The Balaban J connectivity index is 1.67. The Hall–Kier alpha value is -2.36. The van der Waals surface area contributed by atoms with Gasteiger partial charge in [-0.25, -0.2) is 4.39 Å². The summed E-state index contributed by atoms with van der Waals surface area (Å²) in [4.78, 5) is 14.1. The van der Waals surface area contributed by atoms with Crippen LogP contribution in [0.4, 0.5) is 10.1 Å². The Morgan fingerprint density at radius 3 is 2.74 bits per heavy atom. The van der Waals surface area contributed by atoms with Crippen LogP contribution in [-0.4, -0.2) is 19.1 Å². The monoisotopic (exact) mass is 313 g/mol. The first-order chi connectivity index (χ1) is 11.2. The molecule has 0 spiro atoms. The van der Waals surface area contributed by atoms with Crippen LogP contribution in [-0.2, 0) is 17.6 Å². The summed E-state index contributed by atoms with van der Waals surface area (Å²) in [6, 6.07) is 12.3. The smallest absolute Gasteiger partial charge is 0.264 e. The van der Waals surface area contributed by atoms with Gasteiger partial charge >= 0.3 is 0 Å². The molecule has 0 saturated carbocycles. The van der Waals surface area contributed by atoms with Gasteiger partial charge in [0.1, 0.15) is 11.6 Å². The van der Waals surface area contributed by atoms with E-state index in [0.717, 1.165) is 30.5 Å². The highest BCUT2D eigenvalue weighted by molar-refractivity contribution is 5.95. The number of fused-ring (bicyclic) bond motifs is 1. The summed E-state index contributed by atoms with van der Waals surface area (Å²) in [6.45, 7) is 2.73. The number of nitrogens with zero attached hydrogens (tertiary/aromatic N) is 1. The number of carbonyl (C=O) groups excluding carboxylic acids is 1. The Bertz CT molecular complexity index is 697. The standard InChI is InChI=1S/C19H20FNO2/c1-2-14-5-8-17(9-6-14)23-13-19(22)21-11-3-4-15-12-16(20)7-10-18(15)21/h5-10,12H,2-4,11,13H2,1H3. The average molecular weight is 313 g/mol. The van der Waals surface area contributed by atoms with E-state index in [1.54, 1.807) is 11.0 Å². The van der Waals surface area contributed by atoms with Crippen LogP contribution in [0, 0.1) is 5.82 Å². The van der Waals surface area contributed by atoms with Gasteiger partial charge in [0.15, 0.2) is 6.61 Å². The molecule has 4 heteroatoms. The summed E-state index contributed by atoms with van der Waals surface area (Å²) in [5, 5.41) is 0. The first-order valence-corrected chi connectivity index (χ1v) is 7.98. The molecular formula is C19H20FNO2. The van der Waals surface area contributed by atoms with Gasteiger partial charge in [-0.3, -0.25) is 4.79 Å². The summed E-state index contributed by atoms with van der Waals surface area (Å²) in [5.74, 6) is 0.328. The Morgan fingerprint density at radius 1 is 1.22 bits per heavy atom. The number of rotatable bonds is 4. The molecule has 0 bridgehead atoms. The average Bonchev–Trinajstić information content (AvgIpc) is 2.59. The maximum absolute atomic E-state index is 13.3. The summed E-state index contributed by atoms with van der Waals surface area (Å²) >= 11 is 0. The quantitative estimate of drug-likeness (QED) is 0.860. The molecule has 0 saturated heterocycles. The van der Waals surface area contributed by atoms with E-state index in [4.69, 9.17) is 4.74 Å². The minimum Gasteiger partial charge on any atom is -0.484 e. The zero-order chi connectivity index (χ0) is 16.2. The molecule has 3 nitrogen and oxygen atoms in total. The number of anilines is 1. The predicted molar refractivity (Wildman–Crippen MR) is 88.4 cm³/mol. The number of hydrogen-bond acceptors (Lipinski definition) is 2. The highest BCUT2D eigenvalue weighted by Gasteiger charge is 2.23. The number of amides is 1. The van der Waals surface area contributed by atoms with Crippen LogP contribution < -0.4 is 9.64 Å². The molecule has 0 radical (unpaired) electrons. The molecule has 1 aliphatic rings. The summed E-state index contributed by atoms with van der Waals surface area (Å²) in [6.07, 6.45) is 2.62. The third-order valence-corrected chi connectivity index (χ3v) is 4.16. The molecule has 0 N–H and O–H groups in total. The number of ether oxygens (including phenoxy) is 1. The highest BCUT2D eigenvalue weighted by Crippen LogP contribution is 2.28. The maximum atomic E-state index is 13.3. The van der Waals surface area contributed by atoms with E-state index in [0.29, 0.717) is 12.3 Å². The molecule has 0 unspecified atom stereocenters. The first-order valence-electron chi connectivity index (χ1n) is 7.98. The van der Waals surface area contributed by atoms with Crippen molar-refractivity contribution in [3.63, 3.8) is 0 Å². The molecule has 3 rings (SSSR count). The summed E-state index contributed by atoms with van der Waals surface area (Å²) in [5.41, 5.74) is 2.92. The first kappa shape index (κ1) is 15.5. The van der Waals surface area contributed by atoms with Gasteiger partial charge in [0.05, 0.1) is 0 Å². The van der Waals surface area contributed by atoms with E-state index in [-0.39, 0.29) is 18.3 Å². The minimum atomic E-state index is -0.259. The topological polar surface area (TPSA) is 29.5 Å². The molecule has 2 aromatic carbocycles. The zero-order valence-corrected chi connectivity index (χ0v) is 13.2. The van der Waals surface area contributed by atoms with Gasteiger partial charge < -0.3 is 9.64 Å². The summed E-state index contributed by atoms with van der Waals surface area (Å²) in [7, 11) is 0. The molecule has 120 valence electrons. The van der Waals surface area contributed by atoms with Crippen molar-refractivity contribution in [1.29, 1.82) is 0 Å². The Kier molecular flexibility index (Phi) is 4.60. The second-order valence-electron chi connectivity index (χ2n) is 5.71. The second kappa shape index (κ2) is 6.82. The number of hydrogen-bond donors (Lipinski definition) is 0. The molecule has 1 aliphatic heterocycles. The van der Waals surface area contributed by atoms with Crippen LogP contribution >= 0.6 is 0 Å². The fourth-order valence-electron chi connectivity index (χ4n) is 2.87. The van der Waals surface area contributed by atoms with Gasteiger partial charge in [-0.05, 0) is 60.7 Å². The lowest BCUT2D eigenvalue weighted by Gasteiger charge is -2.29. The molecule has 0 fully saturated rings. The van der Waals surface area contributed by atoms with Crippen LogP contribution in [0.1, 0.15) is 24.5 Å². The third-order valence-electron chi connectivity index (χ3n) is 4.16. The van der Waals surface area contributed by atoms with Gasteiger partial charge in [-0.2, -0.15) is 0 Å². The number of carbonyl (C=O) groups is 1. The third kappa shape index (κ3) is 3.52. The molecule has 1 heterocycles. The van der Waals surface area contributed by atoms with E-state index in [9.17, 15) is 9.18 Å². The van der Waals surface area contributed by atoms with E-state index in [1.165, 1.54) is 17.7 Å². The summed E-state index contributed by atoms with van der Waals surface area (Å²) < 4.78 is 18.9. The lowest BCUT2D eigenvalue weighted by molar-refractivity contribution is -0.120. The Morgan fingerprint density at radius 2 is 2.00 bits per heavy atom.